The summed E-state index contributed by atoms with van der Waals surface area (Å²) in [6.07, 6.45) is 4.43. The highest BCUT2D eigenvalue weighted by molar-refractivity contribution is 7.90. The number of hydrogen-bond donors (Lipinski definition) is 1. The number of hydrogen-bond acceptors (Lipinski definition) is 4. The monoisotopic (exact) mass is 393 g/mol. The SMILES string of the molecule is O=C(c1cccc(Cl)c1)N1CCC[C@@H](S(=O)(=O)NCc2cccnc2)C1. The smallest absolute Gasteiger partial charge is 0.253 e. The van der Waals surface area contributed by atoms with Gasteiger partial charge in [-0.2, -0.15) is 0 Å². The molecule has 2 aromatic rings. The molecule has 138 valence electrons. The zero-order chi connectivity index (χ0) is 18.6. The second-order valence-electron chi connectivity index (χ2n) is 6.25. The molecule has 1 aromatic heterocycles. The Hall–Kier alpha value is -1.96. The lowest BCUT2D eigenvalue weighted by Gasteiger charge is -2.32. The highest BCUT2D eigenvalue weighted by Gasteiger charge is 2.32. The van der Waals surface area contributed by atoms with Crippen LogP contribution in [0.1, 0.15) is 28.8 Å². The number of pyridine rings is 1. The van der Waals surface area contributed by atoms with Crippen molar-refractivity contribution in [2.75, 3.05) is 13.1 Å². The standard InChI is InChI=1S/C18H20ClN3O3S/c19-16-6-1-5-15(10-16)18(23)22-9-3-7-17(13-22)26(24,25)21-12-14-4-2-8-20-11-14/h1-2,4-6,8,10-11,17,21H,3,7,9,12-13H2/t17-/m1/s1. The molecule has 0 spiro atoms. The maximum absolute atomic E-state index is 12.6. The van der Waals surface area contributed by atoms with E-state index in [2.05, 4.69) is 9.71 Å². The van der Waals surface area contributed by atoms with Gasteiger partial charge in [-0.15, -0.1) is 0 Å². The van der Waals surface area contributed by atoms with E-state index in [9.17, 15) is 13.2 Å². The van der Waals surface area contributed by atoms with Gasteiger partial charge in [0, 0.05) is 42.6 Å². The Balaban J connectivity index is 1.66. The van der Waals surface area contributed by atoms with Crippen LogP contribution in [0, 0.1) is 0 Å². The van der Waals surface area contributed by atoms with Gasteiger partial charge in [-0.05, 0) is 42.7 Å². The van der Waals surface area contributed by atoms with E-state index in [4.69, 9.17) is 11.6 Å². The molecular formula is C18H20ClN3O3S. The van der Waals surface area contributed by atoms with E-state index in [1.165, 1.54) is 0 Å². The van der Waals surface area contributed by atoms with Crippen LogP contribution in [0.25, 0.3) is 0 Å². The molecule has 3 rings (SSSR count). The summed E-state index contributed by atoms with van der Waals surface area (Å²) in [4.78, 5) is 18.2. The number of sulfonamides is 1. The van der Waals surface area contributed by atoms with Gasteiger partial charge in [0.25, 0.3) is 5.91 Å². The predicted molar refractivity (Wildman–Crippen MR) is 100 cm³/mol. The number of carbonyl (C=O) groups excluding carboxylic acids is 1. The van der Waals surface area contributed by atoms with Gasteiger partial charge in [0.05, 0.1) is 5.25 Å². The molecule has 1 atom stereocenters. The number of nitrogens with zero attached hydrogens (tertiary/aromatic N) is 2. The number of amides is 1. The van der Waals surface area contributed by atoms with Gasteiger partial charge < -0.3 is 4.90 Å². The molecule has 8 heteroatoms. The fourth-order valence-electron chi connectivity index (χ4n) is 2.98. The number of rotatable bonds is 5. The Morgan fingerprint density at radius 1 is 1.31 bits per heavy atom. The summed E-state index contributed by atoms with van der Waals surface area (Å²) in [5.41, 5.74) is 1.26. The minimum atomic E-state index is -3.54. The molecule has 1 aliphatic heterocycles. The number of aromatic nitrogens is 1. The highest BCUT2D eigenvalue weighted by atomic mass is 35.5. The zero-order valence-corrected chi connectivity index (χ0v) is 15.7. The van der Waals surface area contributed by atoms with E-state index in [0.717, 1.165) is 5.56 Å². The Morgan fingerprint density at radius 2 is 2.15 bits per heavy atom. The summed E-state index contributed by atoms with van der Waals surface area (Å²) < 4.78 is 27.9. The van der Waals surface area contributed by atoms with Crippen molar-refractivity contribution in [1.82, 2.24) is 14.6 Å². The van der Waals surface area contributed by atoms with Crippen molar-refractivity contribution < 1.29 is 13.2 Å². The van der Waals surface area contributed by atoms with Gasteiger partial charge in [0.1, 0.15) is 0 Å². The molecule has 0 aliphatic carbocycles. The van der Waals surface area contributed by atoms with Crippen molar-refractivity contribution in [3.8, 4) is 0 Å². The first-order chi connectivity index (χ1) is 12.5. The number of piperidine rings is 1. The predicted octanol–water partition coefficient (Wildman–Crippen LogP) is 2.46. The van der Waals surface area contributed by atoms with Crippen molar-refractivity contribution in [2.45, 2.75) is 24.6 Å². The van der Waals surface area contributed by atoms with E-state index in [1.54, 1.807) is 47.6 Å². The van der Waals surface area contributed by atoms with E-state index >= 15 is 0 Å². The highest BCUT2D eigenvalue weighted by Crippen LogP contribution is 2.20. The third kappa shape index (κ3) is 4.60. The molecule has 2 heterocycles. The first-order valence-electron chi connectivity index (χ1n) is 8.38. The van der Waals surface area contributed by atoms with Crippen molar-refractivity contribution in [2.24, 2.45) is 0 Å². The van der Waals surface area contributed by atoms with Gasteiger partial charge in [-0.3, -0.25) is 9.78 Å². The van der Waals surface area contributed by atoms with Crippen LogP contribution in [0.5, 0.6) is 0 Å². The van der Waals surface area contributed by atoms with Gasteiger partial charge >= 0.3 is 0 Å². The number of halogens is 1. The average Bonchev–Trinajstić information content (AvgIpc) is 2.67. The van der Waals surface area contributed by atoms with Crippen molar-refractivity contribution in [3.05, 3.63) is 64.9 Å². The van der Waals surface area contributed by atoms with E-state index in [1.807, 2.05) is 6.07 Å². The maximum atomic E-state index is 12.6. The van der Waals surface area contributed by atoms with Crippen molar-refractivity contribution >= 4 is 27.5 Å². The molecule has 0 saturated carbocycles. The minimum absolute atomic E-state index is 0.174. The zero-order valence-electron chi connectivity index (χ0n) is 14.1. The Morgan fingerprint density at radius 3 is 2.88 bits per heavy atom. The summed E-state index contributed by atoms with van der Waals surface area (Å²) in [6.45, 7) is 0.905. The second kappa shape index (κ2) is 8.16. The minimum Gasteiger partial charge on any atom is -0.337 e. The van der Waals surface area contributed by atoms with Crippen molar-refractivity contribution in [3.63, 3.8) is 0 Å². The molecule has 6 nitrogen and oxygen atoms in total. The molecule has 0 bridgehead atoms. The third-order valence-electron chi connectivity index (χ3n) is 4.38. The van der Waals surface area contributed by atoms with Gasteiger partial charge in [-0.25, -0.2) is 13.1 Å². The summed E-state index contributed by atoms with van der Waals surface area (Å²) in [5.74, 6) is -0.195. The number of carbonyl (C=O) groups is 1. The number of likely N-dealkylation sites (tertiary alicyclic amines) is 1. The van der Waals surface area contributed by atoms with Gasteiger partial charge in [0.2, 0.25) is 10.0 Å². The fourth-order valence-corrected chi connectivity index (χ4v) is 4.63. The maximum Gasteiger partial charge on any atom is 0.253 e. The van der Waals surface area contributed by atoms with E-state index < -0.39 is 15.3 Å². The normalized spacial score (nSPS) is 17.9. The topological polar surface area (TPSA) is 79.4 Å². The van der Waals surface area contributed by atoms with Gasteiger partial charge in [0.15, 0.2) is 0 Å². The second-order valence-corrected chi connectivity index (χ2v) is 8.73. The summed E-state index contributed by atoms with van der Waals surface area (Å²) in [5, 5.41) is -0.147. The van der Waals surface area contributed by atoms with Gasteiger partial charge in [-0.1, -0.05) is 23.7 Å². The number of benzene rings is 1. The van der Waals surface area contributed by atoms with Crippen LogP contribution in [0.15, 0.2) is 48.8 Å². The molecule has 1 fully saturated rings. The lowest BCUT2D eigenvalue weighted by atomic mass is 10.1. The molecule has 1 aliphatic rings. The summed E-state index contributed by atoms with van der Waals surface area (Å²) in [7, 11) is -3.54. The lowest BCUT2D eigenvalue weighted by molar-refractivity contribution is 0.0726. The van der Waals surface area contributed by atoms with Crippen molar-refractivity contribution in [1.29, 1.82) is 0 Å². The fraction of sp³-hybridized carbons (Fsp3) is 0.333. The van der Waals surface area contributed by atoms with Crippen LogP contribution in [0.4, 0.5) is 0 Å². The van der Waals surface area contributed by atoms with Crippen LogP contribution < -0.4 is 4.72 Å². The summed E-state index contributed by atoms with van der Waals surface area (Å²) in [6, 6.07) is 10.3. The Kier molecular flexibility index (Phi) is 5.90. The van der Waals surface area contributed by atoms with Crippen LogP contribution in [0.2, 0.25) is 5.02 Å². The van der Waals surface area contributed by atoms with E-state index in [-0.39, 0.29) is 19.0 Å². The molecule has 1 aromatic carbocycles. The molecule has 26 heavy (non-hydrogen) atoms. The molecule has 1 N–H and O–H groups in total. The van der Waals surface area contributed by atoms with Crippen LogP contribution in [-0.4, -0.2) is 42.5 Å². The largest absolute Gasteiger partial charge is 0.337 e. The molecular weight excluding hydrogens is 374 g/mol. The van der Waals surface area contributed by atoms with Crippen LogP contribution in [0.3, 0.4) is 0 Å². The molecule has 0 radical (unpaired) electrons. The first-order valence-corrected chi connectivity index (χ1v) is 10.3. The summed E-state index contributed by atoms with van der Waals surface area (Å²) >= 11 is 5.95. The molecule has 1 saturated heterocycles. The Labute approximate surface area is 158 Å². The van der Waals surface area contributed by atoms with Crippen LogP contribution in [-0.2, 0) is 16.6 Å². The number of nitrogens with one attached hydrogen (secondary N) is 1. The molecule has 0 unspecified atom stereocenters. The van der Waals surface area contributed by atoms with E-state index in [0.29, 0.717) is 30.0 Å². The third-order valence-corrected chi connectivity index (χ3v) is 6.42. The van der Waals surface area contributed by atoms with Crippen LogP contribution >= 0.6 is 11.6 Å². The average molecular weight is 394 g/mol. The first kappa shape index (κ1) is 18.8. The lowest BCUT2D eigenvalue weighted by Crippen LogP contribution is -2.48. The quantitative estimate of drug-likeness (QED) is 0.846. The Bertz CT molecular complexity index is 874. The molecule has 1 amide bonds.